The molecule has 0 aromatic heterocycles. The lowest BCUT2D eigenvalue weighted by molar-refractivity contribution is -0.141. The zero-order valence-corrected chi connectivity index (χ0v) is 14.2. The van der Waals surface area contributed by atoms with Gasteiger partial charge < -0.3 is 15.0 Å². The molecule has 3 rings (SSSR count). The lowest BCUT2D eigenvalue weighted by Gasteiger charge is -2.41. The van der Waals surface area contributed by atoms with Crippen LogP contribution in [-0.4, -0.2) is 49.2 Å². The van der Waals surface area contributed by atoms with Gasteiger partial charge in [0.2, 0.25) is 5.91 Å². The molecule has 2 heterocycles. The fourth-order valence-electron chi connectivity index (χ4n) is 3.99. The van der Waals surface area contributed by atoms with E-state index in [4.69, 9.17) is 4.74 Å². The number of ether oxygens (including phenoxy) is 1. The summed E-state index contributed by atoms with van der Waals surface area (Å²) in [6, 6.07) is 10.6. The van der Waals surface area contributed by atoms with Crippen molar-refractivity contribution >= 4 is 5.91 Å². The molecule has 1 aromatic rings. The van der Waals surface area contributed by atoms with E-state index in [0.717, 1.165) is 32.5 Å². The molecule has 4 nitrogen and oxygen atoms in total. The maximum atomic E-state index is 12.9. The summed E-state index contributed by atoms with van der Waals surface area (Å²) in [4.78, 5) is 14.9. The summed E-state index contributed by atoms with van der Waals surface area (Å²) < 4.78 is 5.64. The summed E-state index contributed by atoms with van der Waals surface area (Å²) in [5, 5.41) is 3.33. The third-order valence-electron chi connectivity index (χ3n) is 5.38. The number of nitrogens with one attached hydrogen (secondary N) is 1. The topological polar surface area (TPSA) is 41.6 Å². The van der Waals surface area contributed by atoms with E-state index in [0.29, 0.717) is 18.4 Å². The highest BCUT2D eigenvalue weighted by atomic mass is 16.5. The van der Waals surface area contributed by atoms with Gasteiger partial charge in [-0.3, -0.25) is 4.79 Å². The normalized spacial score (nSPS) is 31.8. The van der Waals surface area contributed by atoms with Crippen LogP contribution in [0.15, 0.2) is 30.3 Å². The van der Waals surface area contributed by atoms with Gasteiger partial charge in [-0.25, -0.2) is 0 Å². The van der Waals surface area contributed by atoms with Crippen molar-refractivity contribution in [1.82, 2.24) is 10.2 Å². The van der Waals surface area contributed by atoms with Gasteiger partial charge in [0.15, 0.2) is 0 Å². The number of morpholine rings is 1. The summed E-state index contributed by atoms with van der Waals surface area (Å²) in [5.74, 6) is 1.32. The molecule has 126 valence electrons. The van der Waals surface area contributed by atoms with Crippen molar-refractivity contribution in [1.29, 1.82) is 0 Å². The van der Waals surface area contributed by atoms with Gasteiger partial charge in [0.25, 0.3) is 0 Å². The quantitative estimate of drug-likeness (QED) is 0.931. The second-order valence-corrected chi connectivity index (χ2v) is 6.77. The minimum Gasteiger partial charge on any atom is -0.375 e. The van der Waals surface area contributed by atoms with Crippen LogP contribution >= 0.6 is 0 Å². The van der Waals surface area contributed by atoms with Crippen LogP contribution < -0.4 is 5.32 Å². The summed E-state index contributed by atoms with van der Waals surface area (Å²) in [6.07, 6.45) is 2.12. The Morgan fingerprint density at radius 1 is 1.35 bits per heavy atom. The van der Waals surface area contributed by atoms with Crippen LogP contribution in [-0.2, 0) is 9.53 Å². The number of hydrogen-bond acceptors (Lipinski definition) is 3. The first-order chi connectivity index (χ1) is 11.2. The van der Waals surface area contributed by atoms with E-state index in [-0.39, 0.29) is 18.1 Å². The van der Waals surface area contributed by atoms with Crippen molar-refractivity contribution in [3.05, 3.63) is 35.9 Å². The van der Waals surface area contributed by atoms with Gasteiger partial charge in [0.1, 0.15) is 6.04 Å². The maximum absolute atomic E-state index is 12.9. The molecule has 2 aliphatic heterocycles. The Bertz CT molecular complexity index is 519. The zero-order valence-electron chi connectivity index (χ0n) is 14.2. The summed E-state index contributed by atoms with van der Waals surface area (Å²) in [6.45, 7) is 7.39. The standard InChI is InChI=1S/C19H28N2O2/c1-3-15-13-21(19(22)18-14(2)23-12-10-20-18)11-9-17(15)16-7-5-4-6-8-16/h4-8,14-15,17-18,20H,3,9-13H2,1-2H3/t14-,15?,17?,18+/m1/s1. The molecule has 2 unspecified atom stereocenters. The maximum Gasteiger partial charge on any atom is 0.242 e. The third-order valence-corrected chi connectivity index (χ3v) is 5.38. The fourth-order valence-corrected chi connectivity index (χ4v) is 3.99. The second-order valence-electron chi connectivity index (χ2n) is 6.77. The number of hydrogen-bond donors (Lipinski definition) is 1. The van der Waals surface area contributed by atoms with Crippen molar-refractivity contribution in [2.45, 2.75) is 44.8 Å². The zero-order chi connectivity index (χ0) is 16.2. The lowest BCUT2D eigenvalue weighted by Crippen LogP contribution is -2.58. The van der Waals surface area contributed by atoms with Crippen LogP contribution in [0.25, 0.3) is 0 Å². The molecule has 0 spiro atoms. The number of likely N-dealkylation sites (tertiary alicyclic amines) is 1. The molecule has 0 aliphatic carbocycles. The van der Waals surface area contributed by atoms with E-state index in [1.165, 1.54) is 5.56 Å². The molecule has 1 amide bonds. The third kappa shape index (κ3) is 3.59. The van der Waals surface area contributed by atoms with Crippen molar-refractivity contribution in [3.8, 4) is 0 Å². The van der Waals surface area contributed by atoms with Gasteiger partial charge >= 0.3 is 0 Å². The van der Waals surface area contributed by atoms with Gasteiger partial charge in [0.05, 0.1) is 12.7 Å². The Labute approximate surface area is 139 Å². The van der Waals surface area contributed by atoms with E-state index < -0.39 is 0 Å². The van der Waals surface area contributed by atoms with E-state index in [1.807, 2.05) is 6.92 Å². The SMILES string of the molecule is CCC1CN(C(=O)[C@H]2NCCO[C@@H]2C)CCC1c1ccccc1. The summed E-state index contributed by atoms with van der Waals surface area (Å²) in [7, 11) is 0. The highest BCUT2D eigenvalue weighted by Crippen LogP contribution is 2.35. The lowest BCUT2D eigenvalue weighted by atomic mass is 9.79. The van der Waals surface area contributed by atoms with E-state index in [2.05, 4.69) is 47.5 Å². The first-order valence-electron chi connectivity index (χ1n) is 8.89. The second kappa shape index (κ2) is 7.45. The largest absolute Gasteiger partial charge is 0.375 e. The molecule has 0 radical (unpaired) electrons. The van der Waals surface area contributed by atoms with Crippen LogP contribution in [0.1, 0.15) is 38.2 Å². The number of carbonyl (C=O) groups excluding carboxylic acids is 1. The molecular weight excluding hydrogens is 288 g/mol. The molecule has 0 saturated carbocycles. The average Bonchev–Trinajstić information content (AvgIpc) is 2.61. The molecule has 4 heteroatoms. The van der Waals surface area contributed by atoms with E-state index in [1.54, 1.807) is 0 Å². The molecule has 2 saturated heterocycles. The first-order valence-corrected chi connectivity index (χ1v) is 8.89. The average molecular weight is 316 g/mol. The number of benzene rings is 1. The predicted octanol–water partition coefficient (Wildman–Crippen LogP) is 2.41. The van der Waals surface area contributed by atoms with Gasteiger partial charge in [-0.05, 0) is 30.7 Å². The Morgan fingerprint density at radius 3 is 2.83 bits per heavy atom. The number of piperidine rings is 1. The summed E-state index contributed by atoms with van der Waals surface area (Å²) >= 11 is 0. The number of nitrogens with zero attached hydrogens (tertiary/aromatic N) is 1. The summed E-state index contributed by atoms with van der Waals surface area (Å²) in [5.41, 5.74) is 1.42. The molecule has 1 N–H and O–H groups in total. The number of carbonyl (C=O) groups is 1. The Morgan fingerprint density at radius 2 is 2.13 bits per heavy atom. The van der Waals surface area contributed by atoms with Crippen LogP contribution in [0.3, 0.4) is 0 Å². The molecule has 2 aliphatic rings. The van der Waals surface area contributed by atoms with Gasteiger partial charge in [-0.1, -0.05) is 43.7 Å². The van der Waals surface area contributed by atoms with Gasteiger partial charge in [-0.15, -0.1) is 0 Å². The molecule has 2 fully saturated rings. The van der Waals surface area contributed by atoms with Crippen molar-refractivity contribution in [3.63, 3.8) is 0 Å². The van der Waals surface area contributed by atoms with E-state index >= 15 is 0 Å². The fraction of sp³-hybridized carbons (Fsp3) is 0.632. The Hall–Kier alpha value is -1.39. The smallest absolute Gasteiger partial charge is 0.242 e. The highest BCUT2D eigenvalue weighted by Gasteiger charge is 2.36. The van der Waals surface area contributed by atoms with Crippen molar-refractivity contribution in [2.75, 3.05) is 26.2 Å². The number of amides is 1. The molecule has 0 bridgehead atoms. The molecule has 1 aromatic carbocycles. The van der Waals surface area contributed by atoms with Crippen LogP contribution in [0, 0.1) is 5.92 Å². The first kappa shape index (κ1) is 16.5. The minimum atomic E-state index is -0.186. The molecule has 23 heavy (non-hydrogen) atoms. The Kier molecular flexibility index (Phi) is 5.34. The monoisotopic (exact) mass is 316 g/mol. The molecule has 4 atom stereocenters. The van der Waals surface area contributed by atoms with Crippen molar-refractivity contribution < 1.29 is 9.53 Å². The van der Waals surface area contributed by atoms with Gasteiger partial charge in [0, 0.05) is 19.6 Å². The minimum absolute atomic E-state index is 0.0387. The highest BCUT2D eigenvalue weighted by molar-refractivity contribution is 5.82. The van der Waals surface area contributed by atoms with E-state index in [9.17, 15) is 4.79 Å². The molecular formula is C19H28N2O2. The van der Waals surface area contributed by atoms with Crippen molar-refractivity contribution in [2.24, 2.45) is 5.92 Å². The number of rotatable bonds is 3. The Balaban J connectivity index is 1.67. The predicted molar refractivity (Wildman–Crippen MR) is 91.4 cm³/mol. The van der Waals surface area contributed by atoms with Crippen LogP contribution in [0.4, 0.5) is 0 Å². The van der Waals surface area contributed by atoms with Crippen LogP contribution in [0.5, 0.6) is 0 Å². The van der Waals surface area contributed by atoms with Crippen LogP contribution in [0.2, 0.25) is 0 Å². The van der Waals surface area contributed by atoms with Gasteiger partial charge in [-0.2, -0.15) is 0 Å².